The second-order valence-corrected chi connectivity index (χ2v) is 10.3. The van der Waals surface area contributed by atoms with E-state index in [0.717, 1.165) is 60.8 Å². The molecule has 0 aliphatic rings. The summed E-state index contributed by atoms with van der Waals surface area (Å²) in [5.41, 5.74) is 8.05. The van der Waals surface area contributed by atoms with Gasteiger partial charge in [-0.3, -0.25) is 4.57 Å². The molecular weight excluding hydrogens is 490 g/mol. The van der Waals surface area contributed by atoms with Gasteiger partial charge in [-0.1, -0.05) is 83.7 Å². The lowest BCUT2D eigenvalue weighted by atomic mass is 9.59. The topological polar surface area (TPSA) is 17.8 Å². The first kappa shape index (κ1) is 25.6. The molecule has 0 spiro atoms. The van der Waals surface area contributed by atoms with Gasteiger partial charge in [0.05, 0.1) is 11.0 Å². The Kier molecular flexibility index (Phi) is 6.01. The van der Waals surface area contributed by atoms with Crippen molar-refractivity contribution in [3.63, 3.8) is 0 Å². The number of rotatable bonds is 3. The lowest BCUT2D eigenvalue weighted by molar-refractivity contribution is 1.00. The monoisotopic (exact) mass is 510 g/mol. The summed E-state index contributed by atoms with van der Waals surface area (Å²) in [5.74, 6) is 0.929. The van der Waals surface area contributed by atoms with E-state index >= 15 is 0 Å². The summed E-state index contributed by atoms with van der Waals surface area (Å²) in [6, 6.07) is 33.3. The molecule has 0 N–H and O–H groups in total. The molecule has 0 fully saturated rings. The quantitative estimate of drug-likeness (QED) is 0.265. The molecule has 0 saturated carbocycles. The zero-order valence-corrected chi connectivity index (χ0v) is 22.5. The van der Waals surface area contributed by atoms with Crippen LogP contribution in [-0.2, 0) is 0 Å². The number of hydrogen-bond acceptors (Lipinski definition) is 1. The van der Waals surface area contributed by atoms with E-state index in [-0.39, 0.29) is 16.4 Å². The zero-order valence-electron chi connectivity index (χ0n) is 22.5. The smallest absolute Gasteiger partial charge is 0.113 e. The molecule has 0 saturated heterocycles. The van der Waals surface area contributed by atoms with Crippen molar-refractivity contribution in [2.45, 2.75) is 6.92 Å². The van der Waals surface area contributed by atoms with Crippen molar-refractivity contribution in [2.24, 2.45) is 0 Å². The maximum absolute atomic E-state index is 6.60. The SMILES string of the molecule is [B]c1c([B])c([B])c(-c2c3ccccc3c(-c3cccc(-n4c(C)nc5ccccc54)c3)c3ccccc23)c([B])c1[B]. The molecule has 2 nitrogen and oxygen atoms in total. The van der Waals surface area contributed by atoms with E-state index < -0.39 is 0 Å². The maximum atomic E-state index is 6.60. The minimum atomic E-state index is 0.202. The molecule has 0 bridgehead atoms. The molecule has 0 atom stereocenters. The Labute approximate surface area is 245 Å². The van der Waals surface area contributed by atoms with E-state index in [4.69, 9.17) is 44.2 Å². The van der Waals surface area contributed by atoms with Gasteiger partial charge in [-0.05, 0) is 75.0 Å². The summed E-state index contributed by atoms with van der Waals surface area (Å²) in [5, 5.41) is 4.08. The molecule has 0 aliphatic carbocycles. The van der Waals surface area contributed by atoms with Crippen LogP contribution in [0.5, 0.6) is 0 Å². The van der Waals surface area contributed by atoms with Crippen LogP contribution in [0.2, 0.25) is 0 Å². The maximum Gasteiger partial charge on any atom is 0.113 e. The van der Waals surface area contributed by atoms with Gasteiger partial charge >= 0.3 is 0 Å². The van der Waals surface area contributed by atoms with Crippen molar-refractivity contribution in [2.75, 3.05) is 0 Å². The average molecular weight is 510 g/mol. The largest absolute Gasteiger partial charge is 0.297 e. The second kappa shape index (κ2) is 9.63. The first-order chi connectivity index (χ1) is 19.9. The molecule has 6 aromatic carbocycles. The molecular formula is C34H19B5N2. The normalized spacial score (nSPS) is 11.5. The van der Waals surface area contributed by atoms with E-state index in [1.807, 2.05) is 49.4 Å². The van der Waals surface area contributed by atoms with Gasteiger partial charge in [-0.25, -0.2) is 4.98 Å². The summed E-state index contributed by atoms with van der Waals surface area (Å²) in [7, 11) is 32.0. The average Bonchev–Trinajstić information content (AvgIpc) is 3.34. The van der Waals surface area contributed by atoms with Crippen LogP contribution in [0.25, 0.3) is 60.5 Å². The highest BCUT2D eigenvalue weighted by Gasteiger charge is 2.21. The van der Waals surface area contributed by atoms with E-state index in [9.17, 15) is 0 Å². The van der Waals surface area contributed by atoms with Crippen LogP contribution in [0.15, 0.2) is 97.1 Å². The van der Waals surface area contributed by atoms with Gasteiger partial charge in [-0.2, -0.15) is 0 Å². The molecule has 0 amide bonds. The number of nitrogens with zero attached hydrogens (tertiary/aromatic N) is 2. The lowest BCUT2D eigenvalue weighted by Crippen LogP contribution is -2.55. The van der Waals surface area contributed by atoms with Gasteiger partial charge in [0.1, 0.15) is 45.1 Å². The number of benzene rings is 6. The van der Waals surface area contributed by atoms with Gasteiger partial charge in [-0.15, -0.1) is 16.4 Å². The minimum Gasteiger partial charge on any atom is -0.297 e. The number of aromatic nitrogens is 2. The van der Waals surface area contributed by atoms with Crippen LogP contribution in [0.3, 0.4) is 0 Å². The molecule has 0 aliphatic heterocycles. The molecule has 0 unspecified atom stereocenters. The summed E-state index contributed by atoms with van der Waals surface area (Å²) >= 11 is 0. The third kappa shape index (κ3) is 3.83. The number of imidazole rings is 1. The highest BCUT2D eigenvalue weighted by Crippen LogP contribution is 2.43. The van der Waals surface area contributed by atoms with E-state index in [1.54, 1.807) is 0 Å². The Hall–Kier alpha value is -4.37. The molecule has 7 aromatic rings. The van der Waals surface area contributed by atoms with Crippen molar-refractivity contribution in [1.82, 2.24) is 9.55 Å². The first-order valence-corrected chi connectivity index (χ1v) is 13.4. The predicted molar refractivity (Wildman–Crippen MR) is 179 cm³/mol. The number of para-hydroxylation sites is 2. The summed E-state index contributed by atoms with van der Waals surface area (Å²) in [6.07, 6.45) is 0. The Morgan fingerprint density at radius 3 is 1.63 bits per heavy atom. The van der Waals surface area contributed by atoms with Gasteiger partial charge in [0.2, 0.25) is 0 Å². The Bertz CT molecular complexity index is 2100. The van der Waals surface area contributed by atoms with Crippen molar-refractivity contribution in [3.05, 3.63) is 103 Å². The molecule has 1 aromatic heterocycles. The van der Waals surface area contributed by atoms with Crippen molar-refractivity contribution in [3.8, 4) is 27.9 Å². The highest BCUT2D eigenvalue weighted by molar-refractivity contribution is 6.69. The minimum absolute atomic E-state index is 0.202. The van der Waals surface area contributed by atoms with Gasteiger partial charge in [0.15, 0.2) is 0 Å². The zero-order chi connectivity index (χ0) is 28.4. The van der Waals surface area contributed by atoms with Crippen LogP contribution in [0, 0.1) is 6.92 Å². The highest BCUT2D eigenvalue weighted by atomic mass is 15.1. The molecule has 180 valence electrons. The van der Waals surface area contributed by atoms with Crippen LogP contribution in [0.1, 0.15) is 5.82 Å². The molecule has 10 radical (unpaired) electrons. The second-order valence-electron chi connectivity index (χ2n) is 10.3. The van der Waals surface area contributed by atoms with Crippen molar-refractivity contribution < 1.29 is 0 Å². The third-order valence-electron chi connectivity index (χ3n) is 8.00. The van der Waals surface area contributed by atoms with Gasteiger partial charge in [0.25, 0.3) is 0 Å². The van der Waals surface area contributed by atoms with E-state index in [2.05, 4.69) is 59.2 Å². The van der Waals surface area contributed by atoms with Gasteiger partial charge < -0.3 is 0 Å². The molecule has 41 heavy (non-hydrogen) atoms. The first-order valence-electron chi connectivity index (χ1n) is 13.4. The van der Waals surface area contributed by atoms with Gasteiger partial charge in [0, 0.05) is 5.69 Å². The fourth-order valence-corrected chi connectivity index (χ4v) is 6.10. The Morgan fingerprint density at radius 2 is 1.02 bits per heavy atom. The predicted octanol–water partition coefficient (Wildman–Crippen LogP) is 2.94. The third-order valence-corrected chi connectivity index (χ3v) is 8.00. The lowest BCUT2D eigenvalue weighted by Gasteiger charge is -2.25. The standard InChI is InChI=1S/C34H19B5N2/c1-18-40-25-15-6-7-16-26(25)41(18)20-10-8-9-19(17-20)27-21-11-2-4-13-23(21)28(24-14-5-3-12-22(24)27)29-30(35)32(37)34(39)33(38)31(29)36/h2-17H,1H3. The number of hydrogen-bond donors (Lipinski definition) is 0. The molecule has 7 heteroatoms. The van der Waals surface area contributed by atoms with Crippen LogP contribution < -0.4 is 27.3 Å². The van der Waals surface area contributed by atoms with Crippen molar-refractivity contribution in [1.29, 1.82) is 0 Å². The fraction of sp³-hybridized carbons (Fsp3) is 0.0294. The van der Waals surface area contributed by atoms with Crippen LogP contribution in [0.4, 0.5) is 0 Å². The fourth-order valence-electron chi connectivity index (χ4n) is 6.10. The number of fused-ring (bicyclic) bond motifs is 3. The van der Waals surface area contributed by atoms with Crippen LogP contribution >= 0.6 is 0 Å². The van der Waals surface area contributed by atoms with E-state index in [1.165, 1.54) is 0 Å². The van der Waals surface area contributed by atoms with Crippen LogP contribution in [-0.4, -0.2) is 48.8 Å². The summed E-state index contributed by atoms with van der Waals surface area (Å²) in [4.78, 5) is 4.78. The van der Waals surface area contributed by atoms with E-state index in [0.29, 0.717) is 16.5 Å². The molecule has 1 heterocycles. The Morgan fingerprint density at radius 1 is 0.512 bits per heavy atom. The Balaban J connectivity index is 1.58. The molecule has 7 rings (SSSR count). The summed E-state index contributed by atoms with van der Waals surface area (Å²) in [6.45, 7) is 2.03. The summed E-state index contributed by atoms with van der Waals surface area (Å²) < 4.78 is 2.19. The van der Waals surface area contributed by atoms with Crippen molar-refractivity contribution >= 4 is 99.1 Å². The number of aryl methyl sites for hydroxylation is 1.